The van der Waals surface area contributed by atoms with Crippen LogP contribution < -0.4 is 15.0 Å². The molecule has 0 aromatic heterocycles. The lowest BCUT2D eigenvalue weighted by Crippen LogP contribution is -2.38. The summed E-state index contributed by atoms with van der Waals surface area (Å²) in [5.41, 5.74) is 2.73. The Balaban J connectivity index is 1.32. The van der Waals surface area contributed by atoms with E-state index in [0.717, 1.165) is 23.5 Å². The third-order valence-corrected chi connectivity index (χ3v) is 6.50. The van der Waals surface area contributed by atoms with Gasteiger partial charge < -0.3 is 15.0 Å². The Morgan fingerprint density at radius 2 is 1.78 bits per heavy atom. The molecule has 0 unspecified atom stereocenters. The SMILES string of the molecule is CN(Cc1ccccc1NC(=O)CCC(=O)N1CCOc2ccccc21)C1CCCCC1. The van der Waals surface area contributed by atoms with E-state index in [1.165, 1.54) is 32.1 Å². The van der Waals surface area contributed by atoms with Crippen LogP contribution in [0.3, 0.4) is 0 Å². The molecule has 0 atom stereocenters. The van der Waals surface area contributed by atoms with Crippen molar-refractivity contribution in [2.24, 2.45) is 0 Å². The number of carbonyl (C=O) groups is 2. The maximum absolute atomic E-state index is 12.8. The van der Waals surface area contributed by atoms with Crippen LogP contribution in [0.5, 0.6) is 5.75 Å². The predicted octanol–water partition coefficient (Wildman–Crippen LogP) is 4.60. The van der Waals surface area contributed by atoms with Gasteiger partial charge in [-0.3, -0.25) is 14.5 Å². The second-order valence-corrected chi connectivity index (χ2v) is 8.77. The Kier molecular flexibility index (Phi) is 7.43. The lowest BCUT2D eigenvalue weighted by molar-refractivity contribution is -0.122. The number of benzene rings is 2. The van der Waals surface area contributed by atoms with Crippen LogP contribution in [-0.2, 0) is 16.1 Å². The number of nitrogens with one attached hydrogen (secondary N) is 1. The Labute approximate surface area is 190 Å². The molecule has 1 N–H and O–H groups in total. The number of rotatable bonds is 7. The molecule has 0 bridgehead atoms. The molecule has 6 nitrogen and oxygen atoms in total. The highest BCUT2D eigenvalue weighted by atomic mass is 16.5. The molecule has 0 spiro atoms. The molecule has 6 heteroatoms. The van der Waals surface area contributed by atoms with Gasteiger partial charge in [0, 0.05) is 31.1 Å². The first-order valence-electron chi connectivity index (χ1n) is 11.7. The summed E-state index contributed by atoms with van der Waals surface area (Å²) >= 11 is 0. The smallest absolute Gasteiger partial charge is 0.227 e. The number of hydrogen-bond donors (Lipinski definition) is 1. The fourth-order valence-corrected chi connectivity index (χ4v) is 4.70. The standard InChI is InChI=1S/C26H33N3O3/c1-28(21-10-3-2-4-11-21)19-20-9-5-6-12-22(20)27-25(30)15-16-26(31)29-17-18-32-24-14-8-7-13-23(24)29/h5-9,12-14,21H,2-4,10-11,15-19H2,1H3,(H,27,30). The highest BCUT2D eigenvalue weighted by Crippen LogP contribution is 2.31. The largest absolute Gasteiger partial charge is 0.490 e. The van der Waals surface area contributed by atoms with Crippen LogP contribution >= 0.6 is 0 Å². The Hall–Kier alpha value is -2.86. The summed E-state index contributed by atoms with van der Waals surface area (Å²) in [7, 11) is 2.17. The Morgan fingerprint density at radius 3 is 2.62 bits per heavy atom. The molecule has 1 aliphatic carbocycles. The van der Waals surface area contributed by atoms with Gasteiger partial charge in [-0.25, -0.2) is 0 Å². The zero-order chi connectivity index (χ0) is 22.3. The first-order chi connectivity index (χ1) is 15.6. The van der Waals surface area contributed by atoms with Crippen molar-refractivity contribution in [2.75, 3.05) is 30.4 Å². The fourth-order valence-electron chi connectivity index (χ4n) is 4.70. The van der Waals surface area contributed by atoms with Gasteiger partial charge in [0.05, 0.1) is 12.2 Å². The minimum atomic E-state index is -0.132. The second-order valence-electron chi connectivity index (χ2n) is 8.77. The van der Waals surface area contributed by atoms with E-state index in [1.807, 2.05) is 42.5 Å². The molecule has 1 saturated carbocycles. The monoisotopic (exact) mass is 435 g/mol. The van der Waals surface area contributed by atoms with Crippen molar-refractivity contribution >= 4 is 23.2 Å². The Bertz CT molecular complexity index is 939. The van der Waals surface area contributed by atoms with Gasteiger partial charge in [-0.2, -0.15) is 0 Å². The maximum Gasteiger partial charge on any atom is 0.227 e. The van der Waals surface area contributed by atoms with Crippen molar-refractivity contribution < 1.29 is 14.3 Å². The van der Waals surface area contributed by atoms with Crippen molar-refractivity contribution in [1.29, 1.82) is 0 Å². The van der Waals surface area contributed by atoms with E-state index in [0.29, 0.717) is 24.9 Å². The molecule has 1 aliphatic heterocycles. The van der Waals surface area contributed by atoms with E-state index in [9.17, 15) is 9.59 Å². The lowest BCUT2D eigenvalue weighted by atomic mass is 9.94. The van der Waals surface area contributed by atoms with Crippen LogP contribution in [0.25, 0.3) is 0 Å². The first-order valence-corrected chi connectivity index (χ1v) is 11.7. The summed E-state index contributed by atoms with van der Waals surface area (Å²) in [6.07, 6.45) is 6.76. The molecule has 0 radical (unpaired) electrons. The number of nitrogens with zero attached hydrogens (tertiary/aromatic N) is 2. The number of carbonyl (C=O) groups excluding carboxylic acids is 2. The van der Waals surface area contributed by atoms with Gasteiger partial charge in [0.2, 0.25) is 11.8 Å². The van der Waals surface area contributed by atoms with Crippen molar-refractivity contribution in [3.8, 4) is 5.75 Å². The fraction of sp³-hybridized carbons (Fsp3) is 0.462. The van der Waals surface area contributed by atoms with Crippen LogP contribution in [-0.4, -0.2) is 43.0 Å². The summed E-state index contributed by atoms with van der Waals surface area (Å²) in [6, 6.07) is 16.1. The van der Waals surface area contributed by atoms with E-state index in [1.54, 1.807) is 4.90 Å². The van der Waals surface area contributed by atoms with Gasteiger partial charge in [-0.1, -0.05) is 49.6 Å². The predicted molar refractivity (Wildman–Crippen MR) is 127 cm³/mol. The summed E-state index contributed by atoms with van der Waals surface area (Å²) in [4.78, 5) is 29.6. The summed E-state index contributed by atoms with van der Waals surface area (Å²) in [5, 5.41) is 3.04. The van der Waals surface area contributed by atoms with Gasteiger partial charge in [-0.05, 0) is 43.7 Å². The van der Waals surface area contributed by atoms with E-state index < -0.39 is 0 Å². The van der Waals surface area contributed by atoms with Gasteiger partial charge in [0.15, 0.2) is 0 Å². The highest BCUT2D eigenvalue weighted by molar-refractivity contribution is 5.99. The molecule has 1 heterocycles. The zero-order valence-corrected chi connectivity index (χ0v) is 18.9. The van der Waals surface area contributed by atoms with E-state index >= 15 is 0 Å². The van der Waals surface area contributed by atoms with Gasteiger partial charge in [0.1, 0.15) is 12.4 Å². The quantitative estimate of drug-likeness (QED) is 0.691. The van der Waals surface area contributed by atoms with Crippen LogP contribution in [0.15, 0.2) is 48.5 Å². The number of para-hydroxylation sites is 3. The van der Waals surface area contributed by atoms with E-state index in [-0.39, 0.29) is 24.7 Å². The molecular weight excluding hydrogens is 402 g/mol. The highest BCUT2D eigenvalue weighted by Gasteiger charge is 2.24. The zero-order valence-electron chi connectivity index (χ0n) is 18.9. The average Bonchev–Trinajstić information content (AvgIpc) is 2.84. The molecule has 0 saturated heterocycles. The molecule has 170 valence electrons. The second kappa shape index (κ2) is 10.6. The molecule has 2 amide bonds. The normalized spacial score (nSPS) is 16.4. The van der Waals surface area contributed by atoms with Crippen LogP contribution in [0.2, 0.25) is 0 Å². The molecular formula is C26H33N3O3. The Morgan fingerprint density at radius 1 is 1.03 bits per heavy atom. The van der Waals surface area contributed by atoms with Crippen molar-refractivity contribution in [2.45, 2.75) is 57.5 Å². The third-order valence-electron chi connectivity index (χ3n) is 6.50. The van der Waals surface area contributed by atoms with Gasteiger partial charge in [0.25, 0.3) is 0 Å². The average molecular weight is 436 g/mol. The number of ether oxygens (including phenoxy) is 1. The minimum absolute atomic E-state index is 0.0544. The molecule has 32 heavy (non-hydrogen) atoms. The molecule has 2 aliphatic rings. The van der Waals surface area contributed by atoms with Crippen molar-refractivity contribution in [3.63, 3.8) is 0 Å². The molecule has 4 rings (SSSR count). The maximum atomic E-state index is 12.8. The topological polar surface area (TPSA) is 61.9 Å². The third kappa shape index (κ3) is 5.49. The minimum Gasteiger partial charge on any atom is -0.490 e. The van der Waals surface area contributed by atoms with E-state index in [2.05, 4.69) is 23.3 Å². The van der Waals surface area contributed by atoms with Crippen LogP contribution in [0, 0.1) is 0 Å². The van der Waals surface area contributed by atoms with Crippen LogP contribution in [0.4, 0.5) is 11.4 Å². The first kappa shape index (κ1) is 22.3. The van der Waals surface area contributed by atoms with Crippen LogP contribution in [0.1, 0.15) is 50.5 Å². The van der Waals surface area contributed by atoms with Gasteiger partial charge in [-0.15, -0.1) is 0 Å². The molecule has 1 fully saturated rings. The lowest BCUT2D eigenvalue weighted by Gasteiger charge is -2.31. The number of anilines is 2. The van der Waals surface area contributed by atoms with Crippen molar-refractivity contribution in [1.82, 2.24) is 4.90 Å². The summed E-state index contributed by atoms with van der Waals surface area (Å²) < 4.78 is 5.62. The van der Waals surface area contributed by atoms with E-state index in [4.69, 9.17) is 4.74 Å². The number of amides is 2. The molecule has 2 aromatic rings. The van der Waals surface area contributed by atoms with Gasteiger partial charge >= 0.3 is 0 Å². The number of hydrogen-bond acceptors (Lipinski definition) is 4. The van der Waals surface area contributed by atoms with Crippen molar-refractivity contribution in [3.05, 3.63) is 54.1 Å². The summed E-state index contributed by atoms with van der Waals surface area (Å²) in [5.74, 6) is 0.529. The molecule has 2 aromatic carbocycles. The summed E-state index contributed by atoms with van der Waals surface area (Å²) in [6.45, 7) is 1.79. The number of fused-ring (bicyclic) bond motifs is 1.